The van der Waals surface area contributed by atoms with E-state index in [2.05, 4.69) is 42.3 Å². The predicted molar refractivity (Wildman–Crippen MR) is 72.5 cm³/mol. The monoisotopic (exact) mass is 227 g/mol. The van der Waals surface area contributed by atoms with Crippen molar-refractivity contribution in [3.8, 4) is 0 Å². The van der Waals surface area contributed by atoms with Crippen LogP contribution < -0.4 is 11.1 Å². The highest BCUT2D eigenvalue weighted by molar-refractivity contribution is 5.62. The molecule has 3 nitrogen and oxygen atoms in total. The molecule has 0 aliphatic carbocycles. The van der Waals surface area contributed by atoms with Crippen molar-refractivity contribution in [1.29, 1.82) is 0 Å². The molecule has 1 aromatic carbocycles. The molecule has 1 aromatic heterocycles. The Morgan fingerprint density at radius 3 is 2.65 bits per heavy atom. The van der Waals surface area contributed by atoms with Gasteiger partial charge in [-0.2, -0.15) is 0 Å². The standard InChI is InChI=1S/C14H17N3/c1-3-11-8-12(5-4-10(11)2)17-13-6-7-16-14(15)9-13/h4-9H,3H2,1-2H3,(H3,15,16,17). The van der Waals surface area contributed by atoms with Crippen molar-refractivity contribution in [2.45, 2.75) is 20.3 Å². The summed E-state index contributed by atoms with van der Waals surface area (Å²) in [4.78, 5) is 3.97. The Morgan fingerprint density at radius 1 is 1.18 bits per heavy atom. The number of aryl methyl sites for hydroxylation is 2. The van der Waals surface area contributed by atoms with E-state index in [4.69, 9.17) is 5.73 Å². The molecule has 0 spiro atoms. The van der Waals surface area contributed by atoms with Crippen LogP contribution in [-0.2, 0) is 6.42 Å². The van der Waals surface area contributed by atoms with Crippen LogP contribution in [0.1, 0.15) is 18.1 Å². The van der Waals surface area contributed by atoms with Crippen LogP contribution in [0.4, 0.5) is 17.2 Å². The molecule has 2 aromatic rings. The first-order valence-electron chi connectivity index (χ1n) is 5.77. The van der Waals surface area contributed by atoms with E-state index in [0.717, 1.165) is 17.8 Å². The number of nitrogen functional groups attached to an aromatic ring is 1. The number of hydrogen-bond donors (Lipinski definition) is 2. The molecule has 0 saturated heterocycles. The highest BCUT2D eigenvalue weighted by Gasteiger charge is 1.99. The topological polar surface area (TPSA) is 50.9 Å². The predicted octanol–water partition coefficient (Wildman–Crippen LogP) is 3.28. The van der Waals surface area contributed by atoms with Gasteiger partial charge < -0.3 is 11.1 Å². The van der Waals surface area contributed by atoms with Gasteiger partial charge in [0.15, 0.2) is 0 Å². The average Bonchev–Trinajstić information content (AvgIpc) is 2.32. The zero-order chi connectivity index (χ0) is 12.3. The second kappa shape index (κ2) is 4.87. The van der Waals surface area contributed by atoms with Crippen molar-refractivity contribution in [3.05, 3.63) is 47.7 Å². The maximum Gasteiger partial charge on any atom is 0.125 e. The molecule has 3 N–H and O–H groups in total. The maximum absolute atomic E-state index is 5.64. The van der Waals surface area contributed by atoms with Crippen LogP contribution in [0.25, 0.3) is 0 Å². The molecule has 0 fully saturated rings. The molecule has 0 saturated carbocycles. The lowest BCUT2D eigenvalue weighted by atomic mass is 10.1. The summed E-state index contributed by atoms with van der Waals surface area (Å²) in [6.45, 7) is 4.30. The fourth-order valence-electron chi connectivity index (χ4n) is 1.82. The number of nitrogens with two attached hydrogens (primary N) is 1. The van der Waals surface area contributed by atoms with Gasteiger partial charge in [0.1, 0.15) is 5.82 Å². The lowest BCUT2D eigenvalue weighted by Gasteiger charge is -2.10. The Hall–Kier alpha value is -2.03. The summed E-state index contributed by atoms with van der Waals surface area (Å²) < 4.78 is 0. The van der Waals surface area contributed by atoms with Crippen LogP contribution in [0, 0.1) is 6.92 Å². The van der Waals surface area contributed by atoms with Crippen molar-refractivity contribution >= 4 is 17.2 Å². The third-order valence-corrected chi connectivity index (χ3v) is 2.80. The van der Waals surface area contributed by atoms with Crippen molar-refractivity contribution in [3.63, 3.8) is 0 Å². The Bertz CT molecular complexity index is 521. The van der Waals surface area contributed by atoms with Gasteiger partial charge in [0, 0.05) is 23.6 Å². The number of aromatic nitrogens is 1. The SMILES string of the molecule is CCc1cc(Nc2ccnc(N)c2)ccc1C. The molecule has 0 aliphatic heterocycles. The highest BCUT2D eigenvalue weighted by atomic mass is 14.9. The molecule has 88 valence electrons. The number of anilines is 3. The third kappa shape index (κ3) is 2.75. The molecule has 0 amide bonds. The van der Waals surface area contributed by atoms with Gasteiger partial charge in [-0.15, -0.1) is 0 Å². The number of pyridine rings is 1. The fraction of sp³-hybridized carbons (Fsp3) is 0.214. The van der Waals surface area contributed by atoms with Crippen LogP contribution in [-0.4, -0.2) is 4.98 Å². The summed E-state index contributed by atoms with van der Waals surface area (Å²) in [5.74, 6) is 0.526. The number of nitrogens with zero attached hydrogens (tertiary/aromatic N) is 1. The van der Waals surface area contributed by atoms with E-state index in [0.29, 0.717) is 5.82 Å². The van der Waals surface area contributed by atoms with Gasteiger partial charge in [0.2, 0.25) is 0 Å². The van der Waals surface area contributed by atoms with Crippen LogP contribution in [0.5, 0.6) is 0 Å². The summed E-state index contributed by atoms with van der Waals surface area (Å²) in [7, 11) is 0. The molecular weight excluding hydrogens is 210 g/mol. The first-order chi connectivity index (χ1) is 8.19. The zero-order valence-corrected chi connectivity index (χ0v) is 10.2. The first kappa shape index (κ1) is 11.5. The summed E-state index contributed by atoms with van der Waals surface area (Å²) >= 11 is 0. The van der Waals surface area contributed by atoms with Gasteiger partial charge in [0.05, 0.1) is 0 Å². The average molecular weight is 227 g/mol. The molecule has 2 rings (SSSR count). The number of benzene rings is 1. The summed E-state index contributed by atoms with van der Waals surface area (Å²) in [5.41, 5.74) is 10.4. The van der Waals surface area contributed by atoms with Crippen molar-refractivity contribution in [2.75, 3.05) is 11.1 Å². The lowest BCUT2D eigenvalue weighted by molar-refractivity contribution is 1.11. The Balaban J connectivity index is 2.24. The normalized spacial score (nSPS) is 10.2. The second-order valence-corrected chi connectivity index (χ2v) is 4.09. The number of nitrogens with one attached hydrogen (secondary N) is 1. The summed E-state index contributed by atoms with van der Waals surface area (Å²) in [6.07, 6.45) is 2.74. The van der Waals surface area contributed by atoms with Gasteiger partial charge in [-0.05, 0) is 42.7 Å². The van der Waals surface area contributed by atoms with Crippen molar-refractivity contribution in [2.24, 2.45) is 0 Å². The minimum absolute atomic E-state index is 0.526. The zero-order valence-electron chi connectivity index (χ0n) is 10.2. The van der Waals surface area contributed by atoms with Crippen LogP contribution in [0.3, 0.4) is 0 Å². The van der Waals surface area contributed by atoms with Gasteiger partial charge in [-0.25, -0.2) is 4.98 Å². The smallest absolute Gasteiger partial charge is 0.125 e. The Kier molecular flexibility index (Phi) is 3.28. The second-order valence-electron chi connectivity index (χ2n) is 4.09. The van der Waals surface area contributed by atoms with Gasteiger partial charge in [-0.1, -0.05) is 13.0 Å². The molecule has 0 atom stereocenters. The molecule has 0 unspecified atom stereocenters. The van der Waals surface area contributed by atoms with E-state index in [-0.39, 0.29) is 0 Å². The molecule has 0 aliphatic rings. The molecular formula is C14H17N3. The van der Waals surface area contributed by atoms with E-state index >= 15 is 0 Å². The largest absolute Gasteiger partial charge is 0.384 e. The highest BCUT2D eigenvalue weighted by Crippen LogP contribution is 2.20. The number of rotatable bonds is 3. The van der Waals surface area contributed by atoms with Crippen LogP contribution in [0.2, 0.25) is 0 Å². The molecule has 3 heteroatoms. The first-order valence-corrected chi connectivity index (χ1v) is 5.77. The van der Waals surface area contributed by atoms with Crippen molar-refractivity contribution < 1.29 is 0 Å². The van der Waals surface area contributed by atoms with Gasteiger partial charge in [0.25, 0.3) is 0 Å². The maximum atomic E-state index is 5.64. The molecule has 0 radical (unpaired) electrons. The minimum Gasteiger partial charge on any atom is -0.384 e. The van der Waals surface area contributed by atoms with E-state index in [9.17, 15) is 0 Å². The quantitative estimate of drug-likeness (QED) is 0.846. The Morgan fingerprint density at radius 2 is 1.94 bits per heavy atom. The minimum atomic E-state index is 0.526. The van der Waals surface area contributed by atoms with E-state index < -0.39 is 0 Å². The molecule has 17 heavy (non-hydrogen) atoms. The summed E-state index contributed by atoms with van der Waals surface area (Å²) in [5, 5.41) is 3.33. The summed E-state index contributed by atoms with van der Waals surface area (Å²) in [6, 6.07) is 10.1. The number of hydrogen-bond acceptors (Lipinski definition) is 3. The van der Waals surface area contributed by atoms with Crippen LogP contribution in [0.15, 0.2) is 36.5 Å². The van der Waals surface area contributed by atoms with E-state index in [1.807, 2.05) is 12.1 Å². The molecule has 1 heterocycles. The third-order valence-electron chi connectivity index (χ3n) is 2.80. The lowest BCUT2D eigenvalue weighted by Crippen LogP contribution is -1.95. The van der Waals surface area contributed by atoms with Crippen LogP contribution >= 0.6 is 0 Å². The fourth-order valence-corrected chi connectivity index (χ4v) is 1.82. The van der Waals surface area contributed by atoms with Gasteiger partial charge >= 0.3 is 0 Å². The van der Waals surface area contributed by atoms with Gasteiger partial charge in [-0.3, -0.25) is 0 Å². The van der Waals surface area contributed by atoms with Crippen molar-refractivity contribution in [1.82, 2.24) is 4.98 Å². The Labute approximate surface area is 102 Å². The van der Waals surface area contributed by atoms with E-state index in [1.54, 1.807) is 6.20 Å². The van der Waals surface area contributed by atoms with E-state index in [1.165, 1.54) is 11.1 Å². The molecule has 0 bridgehead atoms.